The van der Waals surface area contributed by atoms with Gasteiger partial charge in [-0.15, -0.1) is 0 Å². The van der Waals surface area contributed by atoms with Crippen LogP contribution in [0.4, 0.5) is 0 Å². The molecular formula is C10H21NO2. The van der Waals surface area contributed by atoms with Gasteiger partial charge in [0.1, 0.15) is 0 Å². The molecule has 1 aliphatic heterocycles. The molecule has 1 fully saturated rings. The smallest absolute Gasteiger partial charge is 0.0816 e. The van der Waals surface area contributed by atoms with E-state index in [4.69, 9.17) is 9.57 Å². The molecule has 1 atom stereocenters. The van der Waals surface area contributed by atoms with Gasteiger partial charge in [-0.2, -0.15) is 5.06 Å². The molecule has 1 heterocycles. The van der Waals surface area contributed by atoms with Crippen molar-refractivity contribution >= 4 is 0 Å². The van der Waals surface area contributed by atoms with E-state index in [9.17, 15) is 0 Å². The van der Waals surface area contributed by atoms with Crippen molar-refractivity contribution in [2.75, 3.05) is 20.3 Å². The first kappa shape index (κ1) is 11.0. The normalized spacial score (nSPS) is 25.4. The second-order valence-corrected chi connectivity index (χ2v) is 4.60. The van der Waals surface area contributed by atoms with E-state index in [0.717, 1.165) is 13.2 Å². The van der Waals surface area contributed by atoms with Crippen LogP contribution in [-0.2, 0) is 9.57 Å². The van der Waals surface area contributed by atoms with E-state index in [0.29, 0.717) is 6.04 Å². The zero-order chi connectivity index (χ0) is 9.90. The van der Waals surface area contributed by atoms with Crippen molar-refractivity contribution in [2.24, 2.45) is 0 Å². The molecule has 1 aliphatic rings. The van der Waals surface area contributed by atoms with Gasteiger partial charge < -0.3 is 4.74 Å². The summed E-state index contributed by atoms with van der Waals surface area (Å²) >= 11 is 0. The molecule has 0 radical (unpaired) electrons. The van der Waals surface area contributed by atoms with Crippen molar-refractivity contribution in [1.29, 1.82) is 0 Å². The van der Waals surface area contributed by atoms with Gasteiger partial charge in [-0.05, 0) is 33.6 Å². The highest BCUT2D eigenvalue weighted by molar-refractivity contribution is 4.74. The van der Waals surface area contributed by atoms with E-state index in [1.54, 1.807) is 7.11 Å². The van der Waals surface area contributed by atoms with E-state index < -0.39 is 0 Å². The van der Waals surface area contributed by atoms with Crippen LogP contribution in [0.25, 0.3) is 0 Å². The molecule has 0 bridgehead atoms. The lowest BCUT2D eigenvalue weighted by molar-refractivity contribution is -0.240. The molecule has 1 saturated heterocycles. The predicted octanol–water partition coefficient (Wildman–Crippen LogP) is 1.83. The second-order valence-electron chi connectivity index (χ2n) is 4.60. The standard InChI is InChI=1S/C10H21NO2/c1-10(2,3)13-11-7-5-6-9(11)8-12-4/h9H,5-8H2,1-4H3. The van der Waals surface area contributed by atoms with Gasteiger partial charge >= 0.3 is 0 Å². The molecule has 1 rings (SSSR count). The summed E-state index contributed by atoms with van der Waals surface area (Å²) in [5, 5.41) is 2.07. The molecule has 0 saturated carbocycles. The van der Waals surface area contributed by atoms with Crippen molar-refractivity contribution in [3.8, 4) is 0 Å². The Morgan fingerprint density at radius 2 is 2.08 bits per heavy atom. The fourth-order valence-corrected chi connectivity index (χ4v) is 1.64. The molecule has 78 valence electrons. The van der Waals surface area contributed by atoms with Crippen LogP contribution in [0.1, 0.15) is 33.6 Å². The van der Waals surface area contributed by atoms with Gasteiger partial charge in [0.05, 0.1) is 18.2 Å². The van der Waals surface area contributed by atoms with Gasteiger partial charge in [-0.1, -0.05) is 0 Å². The molecular weight excluding hydrogens is 166 g/mol. The van der Waals surface area contributed by atoms with Crippen LogP contribution in [-0.4, -0.2) is 37.0 Å². The third-order valence-electron chi connectivity index (χ3n) is 2.07. The molecule has 13 heavy (non-hydrogen) atoms. The maximum Gasteiger partial charge on any atom is 0.0816 e. The fourth-order valence-electron chi connectivity index (χ4n) is 1.64. The summed E-state index contributed by atoms with van der Waals surface area (Å²) in [6.45, 7) is 8.04. The first-order valence-corrected chi connectivity index (χ1v) is 4.97. The Bertz CT molecular complexity index is 153. The third-order valence-corrected chi connectivity index (χ3v) is 2.07. The molecule has 0 amide bonds. The highest BCUT2D eigenvalue weighted by Crippen LogP contribution is 2.22. The Balaban J connectivity index is 2.39. The number of hydroxylamine groups is 2. The van der Waals surface area contributed by atoms with Crippen LogP contribution in [0.5, 0.6) is 0 Å². The quantitative estimate of drug-likeness (QED) is 0.673. The van der Waals surface area contributed by atoms with Crippen molar-refractivity contribution in [3.63, 3.8) is 0 Å². The van der Waals surface area contributed by atoms with Crippen LogP contribution >= 0.6 is 0 Å². The number of hydrogen-bond donors (Lipinski definition) is 0. The Kier molecular flexibility index (Phi) is 3.71. The van der Waals surface area contributed by atoms with Gasteiger partial charge in [0.25, 0.3) is 0 Å². The molecule has 3 heteroatoms. The Labute approximate surface area is 81.0 Å². The second kappa shape index (κ2) is 4.40. The number of methoxy groups -OCH3 is 1. The maximum atomic E-state index is 5.82. The van der Waals surface area contributed by atoms with Crippen LogP contribution in [0.2, 0.25) is 0 Å². The minimum Gasteiger partial charge on any atom is -0.383 e. The summed E-state index contributed by atoms with van der Waals surface area (Å²) in [6, 6.07) is 0.448. The van der Waals surface area contributed by atoms with Crippen LogP contribution < -0.4 is 0 Å². The zero-order valence-electron chi connectivity index (χ0n) is 9.17. The van der Waals surface area contributed by atoms with E-state index in [1.165, 1.54) is 12.8 Å². The molecule has 1 unspecified atom stereocenters. The van der Waals surface area contributed by atoms with E-state index >= 15 is 0 Å². The van der Waals surface area contributed by atoms with Crippen molar-refractivity contribution < 1.29 is 9.57 Å². The fraction of sp³-hybridized carbons (Fsp3) is 1.00. The molecule has 0 aromatic rings. The summed E-state index contributed by atoms with van der Waals surface area (Å²) in [5.74, 6) is 0. The van der Waals surface area contributed by atoms with E-state index in [1.807, 2.05) is 0 Å². The first-order chi connectivity index (χ1) is 6.03. The minimum atomic E-state index is -0.0870. The first-order valence-electron chi connectivity index (χ1n) is 4.97. The predicted molar refractivity (Wildman–Crippen MR) is 52.4 cm³/mol. The van der Waals surface area contributed by atoms with Gasteiger partial charge in [-0.3, -0.25) is 4.84 Å². The lowest BCUT2D eigenvalue weighted by Crippen LogP contribution is -2.39. The van der Waals surface area contributed by atoms with Crippen molar-refractivity contribution in [3.05, 3.63) is 0 Å². The van der Waals surface area contributed by atoms with Crippen molar-refractivity contribution in [1.82, 2.24) is 5.06 Å². The molecule has 0 aliphatic carbocycles. The summed E-state index contributed by atoms with van der Waals surface area (Å²) in [5.41, 5.74) is -0.0870. The van der Waals surface area contributed by atoms with Gasteiger partial charge in [0, 0.05) is 13.7 Å². The molecule has 0 aromatic heterocycles. The molecule has 0 aromatic carbocycles. The number of hydrogen-bond acceptors (Lipinski definition) is 3. The Hall–Kier alpha value is -0.120. The topological polar surface area (TPSA) is 21.7 Å². The summed E-state index contributed by atoms with van der Waals surface area (Å²) < 4.78 is 5.15. The molecule has 0 N–H and O–H groups in total. The van der Waals surface area contributed by atoms with Gasteiger partial charge in [0.15, 0.2) is 0 Å². The number of ether oxygens (including phenoxy) is 1. The summed E-state index contributed by atoms with van der Waals surface area (Å²) in [7, 11) is 1.74. The minimum absolute atomic E-state index is 0.0870. The average molecular weight is 187 g/mol. The third kappa shape index (κ3) is 3.63. The van der Waals surface area contributed by atoms with E-state index in [-0.39, 0.29) is 5.60 Å². The van der Waals surface area contributed by atoms with Gasteiger partial charge in [-0.25, -0.2) is 0 Å². The van der Waals surface area contributed by atoms with Crippen LogP contribution in [0.3, 0.4) is 0 Å². The lowest BCUT2D eigenvalue weighted by Gasteiger charge is -2.30. The lowest BCUT2D eigenvalue weighted by atomic mass is 10.2. The number of rotatable bonds is 3. The van der Waals surface area contributed by atoms with Gasteiger partial charge in [0.2, 0.25) is 0 Å². The monoisotopic (exact) mass is 187 g/mol. The van der Waals surface area contributed by atoms with Crippen LogP contribution in [0.15, 0.2) is 0 Å². The maximum absolute atomic E-state index is 5.82. The van der Waals surface area contributed by atoms with Crippen LogP contribution in [0, 0.1) is 0 Å². The summed E-state index contributed by atoms with van der Waals surface area (Å²) in [4.78, 5) is 5.82. The SMILES string of the molecule is COCC1CCCN1OC(C)(C)C. The highest BCUT2D eigenvalue weighted by atomic mass is 16.7. The Morgan fingerprint density at radius 1 is 1.38 bits per heavy atom. The molecule has 0 spiro atoms. The highest BCUT2D eigenvalue weighted by Gasteiger charge is 2.28. The largest absolute Gasteiger partial charge is 0.383 e. The zero-order valence-corrected chi connectivity index (χ0v) is 9.17. The molecule has 3 nitrogen and oxygen atoms in total. The van der Waals surface area contributed by atoms with E-state index in [2.05, 4.69) is 25.8 Å². The van der Waals surface area contributed by atoms with Crippen molar-refractivity contribution in [2.45, 2.75) is 45.3 Å². The summed E-state index contributed by atoms with van der Waals surface area (Å²) in [6.07, 6.45) is 2.40. The average Bonchev–Trinajstić information content (AvgIpc) is 2.34. The Morgan fingerprint density at radius 3 is 2.62 bits per heavy atom. The number of nitrogens with zero attached hydrogens (tertiary/aromatic N) is 1.